The molecule has 1 unspecified atom stereocenters. The maximum Gasteiger partial charge on any atom is 0.217 e. The largest absolute Gasteiger partial charge is 0.349 e. The first-order chi connectivity index (χ1) is 10.1. The van der Waals surface area contributed by atoms with Crippen LogP contribution in [-0.2, 0) is 16.0 Å². The first-order valence-electron chi connectivity index (χ1n) is 7.47. The van der Waals surface area contributed by atoms with Gasteiger partial charge in [-0.05, 0) is 35.8 Å². The Morgan fingerprint density at radius 3 is 2.48 bits per heavy atom. The van der Waals surface area contributed by atoms with E-state index < -0.39 is 0 Å². The number of hydrogen-bond acceptors (Lipinski definition) is 2. The van der Waals surface area contributed by atoms with Gasteiger partial charge in [-0.3, -0.25) is 9.59 Å². The van der Waals surface area contributed by atoms with Crippen LogP contribution in [0.1, 0.15) is 49.8 Å². The highest BCUT2D eigenvalue weighted by Crippen LogP contribution is 2.53. The molecule has 0 heterocycles. The van der Waals surface area contributed by atoms with Crippen molar-refractivity contribution in [2.75, 3.05) is 0 Å². The van der Waals surface area contributed by atoms with Crippen LogP contribution in [0.2, 0.25) is 0 Å². The van der Waals surface area contributed by atoms with Crippen LogP contribution in [0.3, 0.4) is 0 Å². The lowest BCUT2D eigenvalue weighted by Gasteiger charge is -2.39. The summed E-state index contributed by atoms with van der Waals surface area (Å²) >= 11 is 0. The molecule has 112 valence electrons. The quantitative estimate of drug-likeness (QED) is 0.804. The molecule has 2 aliphatic carbocycles. The Hall–Kier alpha value is -1.90. The molecular weight excluding hydrogens is 262 g/mol. The normalized spacial score (nSPS) is 22.1. The number of benzene rings is 1. The summed E-state index contributed by atoms with van der Waals surface area (Å²) in [6.45, 7) is 7.57. The Balaban J connectivity index is 0.000000774. The zero-order valence-electron chi connectivity index (χ0n) is 12.7. The van der Waals surface area contributed by atoms with Crippen molar-refractivity contribution in [3.63, 3.8) is 0 Å². The van der Waals surface area contributed by atoms with Gasteiger partial charge in [0.1, 0.15) is 5.78 Å². The number of Topliss-reactive ketones (excluding diaryl/α,β-unsaturated/α-hetero) is 1. The minimum absolute atomic E-state index is 0.0120. The lowest BCUT2D eigenvalue weighted by atomic mass is 9.69. The number of hydrogen-bond donors (Lipinski definition) is 1. The highest BCUT2D eigenvalue weighted by Gasteiger charge is 2.47. The van der Waals surface area contributed by atoms with Crippen molar-refractivity contribution >= 4 is 11.7 Å². The van der Waals surface area contributed by atoms with Gasteiger partial charge in [0.25, 0.3) is 0 Å². The van der Waals surface area contributed by atoms with E-state index in [0.29, 0.717) is 18.6 Å². The Morgan fingerprint density at radius 1 is 1.24 bits per heavy atom. The molecule has 3 heteroatoms. The van der Waals surface area contributed by atoms with Crippen molar-refractivity contribution in [1.82, 2.24) is 5.32 Å². The SMILES string of the molecule is C=C.CC(=O)NC1c2ccccc2CC12CCC(=O)CC2. The van der Waals surface area contributed by atoms with Crippen LogP contribution in [0.25, 0.3) is 0 Å². The van der Waals surface area contributed by atoms with Gasteiger partial charge >= 0.3 is 0 Å². The van der Waals surface area contributed by atoms with E-state index in [0.717, 1.165) is 19.3 Å². The predicted octanol–water partition coefficient (Wildman–Crippen LogP) is 3.35. The molecule has 0 aliphatic heterocycles. The van der Waals surface area contributed by atoms with Crippen molar-refractivity contribution in [1.29, 1.82) is 0 Å². The average Bonchev–Trinajstić information content (AvgIpc) is 2.78. The third-order valence-corrected chi connectivity index (χ3v) is 4.67. The van der Waals surface area contributed by atoms with E-state index in [1.54, 1.807) is 6.92 Å². The van der Waals surface area contributed by atoms with Gasteiger partial charge in [-0.25, -0.2) is 0 Å². The fourth-order valence-corrected chi connectivity index (χ4v) is 3.71. The maximum atomic E-state index is 11.5. The van der Waals surface area contributed by atoms with Crippen molar-refractivity contribution in [3.05, 3.63) is 48.6 Å². The van der Waals surface area contributed by atoms with E-state index in [9.17, 15) is 9.59 Å². The van der Waals surface area contributed by atoms with E-state index in [1.165, 1.54) is 11.1 Å². The molecule has 1 atom stereocenters. The summed E-state index contributed by atoms with van der Waals surface area (Å²) in [5.74, 6) is 0.376. The average molecular weight is 285 g/mol. The molecule has 1 fully saturated rings. The van der Waals surface area contributed by atoms with Crippen molar-refractivity contribution in [3.8, 4) is 0 Å². The van der Waals surface area contributed by atoms with E-state index in [4.69, 9.17) is 0 Å². The van der Waals surface area contributed by atoms with Crippen LogP contribution in [-0.4, -0.2) is 11.7 Å². The van der Waals surface area contributed by atoms with E-state index >= 15 is 0 Å². The fourth-order valence-electron chi connectivity index (χ4n) is 3.71. The van der Waals surface area contributed by atoms with Crippen LogP contribution in [0.15, 0.2) is 37.4 Å². The summed E-state index contributed by atoms with van der Waals surface area (Å²) < 4.78 is 0. The Labute approximate surface area is 126 Å². The first kappa shape index (κ1) is 15.5. The van der Waals surface area contributed by atoms with E-state index in [-0.39, 0.29) is 17.4 Å². The third kappa shape index (κ3) is 2.92. The number of carbonyl (C=O) groups is 2. The molecule has 1 amide bonds. The minimum Gasteiger partial charge on any atom is -0.349 e. The standard InChI is InChI=1S/C16H19NO2.C2H4/c1-11(18)17-15-14-5-3-2-4-12(14)10-16(15)8-6-13(19)7-9-16;1-2/h2-5,15H,6-10H2,1H3,(H,17,18);1-2H2. The molecule has 2 aliphatic rings. The molecule has 1 N–H and O–H groups in total. The van der Waals surface area contributed by atoms with Gasteiger partial charge in [0.05, 0.1) is 6.04 Å². The number of ketones is 1. The molecule has 0 saturated heterocycles. The van der Waals surface area contributed by atoms with Crippen LogP contribution in [0, 0.1) is 5.41 Å². The van der Waals surface area contributed by atoms with Crippen LogP contribution >= 0.6 is 0 Å². The van der Waals surface area contributed by atoms with Gasteiger partial charge in [0.2, 0.25) is 5.91 Å². The number of nitrogens with one attached hydrogen (secondary N) is 1. The monoisotopic (exact) mass is 285 g/mol. The van der Waals surface area contributed by atoms with Crippen LogP contribution < -0.4 is 5.32 Å². The van der Waals surface area contributed by atoms with Gasteiger partial charge in [-0.15, -0.1) is 13.2 Å². The lowest BCUT2D eigenvalue weighted by molar-refractivity contribution is -0.123. The highest BCUT2D eigenvalue weighted by molar-refractivity contribution is 5.79. The highest BCUT2D eigenvalue weighted by atomic mass is 16.1. The summed E-state index contributed by atoms with van der Waals surface area (Å²) in [6, 6.07) is 8.42. The van der Waals surface area contributed by atoms with Crippen molar-refractivity contribution in [2.24, 2.45) is 5.41 Å². The van der Waals surface area contributed by atoms with Gasteiger partial charge in [0.15, 0.2) is 0 Å². The Morgan fingerprint density at radius 2 is 1.86 bits per heavy atom. The van der Waals surface area contributed by atoms with Gasteiger partial charge in [0, 0.05) is 19.8 Å². The van der Waals surface area contributed by atoms with Gasteiger partial charge in [-0.1, -0.05) is 24.3 Å². The molecule has 0 aromatic heterocycles. The lowest BCUT2D eigenvalue weighted by Crippen LogP contribution is -2.40. The summed E-state index contributed by atoms with van der Waals surface area (Å²) in [5, 5.41) is 3.12. The number of fused-ring (bicyclic) bond motifs is 1. The van der Waals surface area contributed by atoms with Crippen LogP contribution in [0.4, 0.5) is 0 Å². The van der Waals surface area contributed by atoms with E-state index in [1.807, 2.05) is 6.07 Å². The first-order valence-corrected chi connectivity index (χ1v) is 7.47. The zero-order valence-corrected chi connectivity index (χ0v) is 12.7. The Bertz CT molecular complexity index is 540. The molecule has 1 spiro atoms. The van der Waals surface area contributed by atoms with E-state index in [2.05, 4.69) is 36.7 Å². The molecule has 3 rings (SSSR count). The number of rotatable bonds is 1. The summed E-state index contributed by atoms with van der Waals surface area (Å²) in [6.07, 6.45) is 4.09. The molecule has 1 aromatic rings. The second kappa shape index (κ2) is 6.25. The maximum absolute atomic E-state index is 11.5. The second-order valence-corrected chi connectivity index (χ2v) is 5.91. The van der Waals surface area contributed by atoms with Crippen LogP contribution in [0.5, 0.6) is 0 Å². The molecule has 0 bridgehead atoms. The fraction of sp³-hybridized carbons (Fsp3) is 0.444. The molecule has 21 heavy (non-hydrogen) atoms. The van der Waals surface area contributed by atoms with Gasteiger partial charge < -0.3 is 5.32 Å². The molecule has 3 nitrogen and oxygen atoms in total. The minimum atomic E-state index is 0.0120. The summed E-state index contributed by atoms with van der Waals surface area (Å²) in [5.41, 5.74) is 2.63. The Kier molecular flexibility index (Phi) is 4.61. The zero-order chi connectivity index (χ0) is 15.5. The van der Waals surface area contributed by atoms with Crippen molar-refractivity contribution in [2.45, 2.75) is 45.1 Å². The molecular formula is C18H23NO2. The smallest absolute Gasteiger partial charge is 0.217 e. The number of carbonyl (C=O) groups excluding carboxylic acids is 2. The molecule has 1 saturated carbocycles. The molecule has 1 aromatic carbocycles. The summed E-state index contributed by atoms with van der Waals surface area (Å²) in [7, 11) is 0. The topological polar surface area (TPSA) is 46.2 Å². The molecule has 0 radical (unpaired) electrons. The number of amides is 1. The second-order valence-electron chi connectivity index (χ2n) is 5.91. The third-order valence-electron chi connectivity index (χ3n) is 4.67. The van der Waals surface area contributed by atoms with Crippen molar-refractivity contribution < 1.29 is 9.59 Å². The summed E-state index contributed by atoms with van der Waals surface area (Å²) in [4.78, 5) is 23.0. The van der Waals surface area contributed by atoms with Gasteiger partial charge in [-0.2, -0.15) is 0 Å². The predicted molar refractivity (Wildman–Crippen MR) is 83.9 cm³/mol.